The molecule has 0 aromatic heterocycles. The van der Waals surface area contributed by atoms with Gasteiger partial charge in [-0.1, -0.05) is 11.6 Å². The molecule has 29 heavy (non-hydrogen) atoms. The molecule has 1 unspecified atom stereocenters. The predicted molar refractivity (Wildman–Crippen MR) is 116 cm³/mol. The fourth-order valence-electron chi connectivity index (χ4n) is 3.50. The molecular weight excluding hydrogens is 390 g/mol. The number of amides is 1. The summed E-state index contributed by atoms with van der Waals surface area (Å²) in [6, 6.07) is 12.8. The highest BCUT2D eigenvalue weighted by Gasteiger charge is 2.26. The van der Waals surface area contributed by atoms with Crippen molar-refractivity contribution in [3.05, 3.63) is 53.1 Å². The lowest BCUT2D eigenvalue weighted by Crippen LogP contribution is -2.52. The number of ether oxygens (including phenoxy) is 2. The van der Waals surface area contributed by atoms with Crippen molar-refractivity contribution in [1.29, 1.82) is 0 Å². The molecule has 156 valence electrons. The van der Waals surface area contributed by atoms with E-state index in [-0.39, 0.29) is 11.9 Å². The summed E-state index contributed by atoms with van der Waals surface area (Å²) in [4.78, 5) is 17.2. The van der Waals surface area contributed by atoms with Gasteiger partial charge >= 0.3 is 0 Å². The highest BCUT2D eigenvalue weighted by atomic mass is 35.5. The number of nitrogens with one attached hydrogen (secondary N) is 1. The van der Waals surface area contributed by atoms with Gasteiger partial charge in [0.25, 0.3) is 0 Å². The summed E-state index contributed by atoms with van der Waals surface area (Å²) in [6.45, 7) is 6.19. The highest BCUT2D eigenvalue weighted by molar-refractivity contribution is 6.30. The number of anilines is 1. The molecule has 1 aliphatic rings. The van der Waals surface area contributed by atoms with E-state index in [1.54, 1.807) is 26.4 Å². The van der Waals surface area contributed by atoms with E-state index in [1.807, 2.05) is 37.3 Å². The molecule has 0 bridgehead atoms. The Bertz CT molecular complexity index is 821. The van der Waals surface area contributed by atoms with Crippen LogP contribution in [0.25, 0.3) is 0 Å². The molecule has 0 aliphatic carbocycles. The van der Waals surface area contributed by atoms with Crippen molar-refractivity contribution in [2.45, 2.75) is 19.5 Å². The number of benzene rings is 2. The highest BCUT2D eigenvalue weighted by Crippen LogP contribution is 2.26. The molecule has 2 aromatic rings. The van der Waals surface area contributed by atoms with Crippen LogP contribution in [0.2, 0.25) is 5.02 Å². The van der Waals surface area contributed by atoms with Crippen molar-refractivity contribution in [2.75, 3.05) is 45.7 Å². The minimum atomic E-state index is -0.195. The number of piperazine rings is 1. The first-order valence-corrected chi connectivity index (χ1v) is 10.1. The fraction of sp³-hybridized carbons (Fsp3) is 0.409. The van der Waals surface area contributed by atoms with Gasteiger partial charge in [-0.25, -0.2) is 0 Å². The summed E-state index contributed by atoms with van der Waals surface area (Å²) < 4.78 is 10.8. The maximum absolute atomic E-state index is 12.6. The lowest BCUT2D eigenvalue weighted by Gasteiger charge is -2.37. The van der Waals surface area contributed by atoms with Gasteiger partial charge < -0.3 is 14.8 Å². The van der Waals surface area contributed by atoms with Crippen molar-refractivity contribution in [1.82, 2.24) is 9.80 Å². The van der Waals surface area contributed by atoms with E-state index in [0.29, 0.717) is 5.02 Å². The topological polar surface area (TPSA) is 54.0 Å². The summed E-state index contributed by atoms with van der Waals surface area (Å²) in [7, 11) is 3.35. The molecule has 1 fully saturated rings. The molecule has 7 heteroatoms. The van der Waals surface area contributed by atoms with Gasteiger partial charge in [-0.05, 0) is 49.4 Å². The average Bonchev–Trinajstić information content (AvgIpc) is 2.75. The minimum absolute atomic E-state index is 0.00441. The molecule has 0 radical (unpaired) electrons. The van der Waals surface area contributed by atoms with Crippen LogP contribution in [-0.4, -0.2) is 62.1 Å². The molecule has 1 N–H and O–H groups in total. The van der Waals surface area contributed by atoms with Crippen LogP contribution < -0.4 is 14.8 Å². The molecule has 1 aliphatic heterocycles. The van der Waals surface area contributed by atoms with Gasteiger partial charge in [-0.2, -0.15) is 0 Å². The van der Waals surface area contributed by atoms with E-state index >= 15 is 0 Å². The quantitative estimate of drug-likeness (QED) is 0.747. The molecule has 1 heterocycles. The van der Waals surface area contributed by atoms with Gasteiger partial charge in [0.2, 0.25) is 5.91 Å². The van der Waals surface area contributed by atoms with Crippen LogP contribution in [-0.2, 0) is 11.3 Å². The normalized spacial score (nSPS) is 16.3. The molecule has 1 saturated heterocycles. The number of halogens is 1. The zero-order chi connectivity index (χ0) is 20.8. The van der Waals surface area contributed by atoms with Crippen molar-refractivity contribution in [3.63, 3.8) is 0 Å². The second-order valence-corrected chi connectivity index (χ2v) is 7.60. The van der Waals surface area contributed by atoms with Crippen LogP contribution >= 0.6 is 11.6 Å². The van der Waals surface area contributed by atoms with E-state index in [0.717, 1.165) is 55.5 Å². The Morgan fingerprint density at radius 3 is 2.38 bits per heavy atom. The largest absolute Gasteiger partial charge is 0.497 e. The molecule has 3 rings (SSSR count). The van der Waals surface area contributed by atoms with Crippen molar-refractivity contribution < 1.29 is 14.3 Å². The third kappa shape index (κ3) is 5.63. The zero-order valence-electron chi connectivity index (χ0n) is 17.2. The van der Waals surface area contributed by atoms with E-state index in [1.165, 1.54) is 0 Å². The van der Waals surface area contributed by atoms with Crippen LogP contribution in [0.1, 0.15) is 12.5 Å². The number of hydrogen-bond acceptors (Lipinski definition) is 5. The van der Waals surface area contributed by atoms with Gasteiger partial charge in [-0.15, -0.1) is 0 Å². The number of methoxy groups -OCH3 is 2. The third-order valence-electron chi connectivity index (χ3n) is 5.33. The Balaban J connectivity index is 1.53. The van der Waals surface area contributed by atoms with Crippen LogP contribution in [0.4, 0.5) is 5.69 Å². The number of carbonyl (C=O) groups is 1. The van der Waals surface area contributed by atoms with Gasteiger partial charge in [0.05, 0.1) is 20.3 Å². The van der Waals surface area contributed by atoms with Gasteiger partial charge in [0.15, 0.2) is 0 Å². The van der Waals surface area contributed by atoms with Crippen molar-refractivity contribution in [2.24, 2.45) is 0 Å². The Labute approximate surface area is 177 Å². The van der Waals surface area contributed by atoms with Crippen LogP contribution in [0.15, 0.2) is 42.5 Å². The van der Waals surface area contributed by atoms with Crippen LogP contribution in [0, 0.1) is 0 Å². The molecule has 6 nitrogen and oxygen atoms in total. The summed E-state index contributed by atoms with van der Waals surface area (Å²) in [5.74, 6) is 1.69. The molecule has 1 atom stereocenters. The Morgan fingerprint density at radius 1 is 1.07 bits per heavy atom. The Kier molecular flexibility index (Phi) is 7.36. The lowest BCUT2D eigenvalue weighted by atomic mass is 10.1. The number of rotatable bonds is 7. The standard InChI is InChI=1S/C22H28ClN3O3/c1-16(22(27)24-19-6-4-18(23)5-7-19)26-12-10-25(11-13-26)15-17-14-20(28-2)8-9-21(17)29-3/h4-9,14,16H,10-13,15H2,1-3H3,(H,24,27). The number of nitrogens with zero attached hydrogens (tertiary/aromatic N) is 2. The third-order valence-corrected chi connectivity index (χ3v) is 5.58. The van der Waals surface area contributed by atoms with Crippen molar-refractivity contribution in [3.8, 4) is 11.5 Å². The SMILES string of the molecule is COc1ccc(OC)c(CN2CCN(C(C)C(=O)Nc3ccc(Cl)cc3)CC2)c1. The summed E-state index contributed by atoms with van der Waals surface area (Å²) in [5, 5.41) is 3.61. The van der Waals surface area contributed by atoms with Crippen molar-refractivity contribution >= 4 is 23.2 Å². The number of hydrogen-bond donors (Lipinski definition) is 1. The monoisotopic (exact) mass is 417 g/mol. The molecule has 1 amide bonds. The maximum Gasteiger partial charge on any atom is 0.241 e. The lowest BCUT2D eigenvalue weighted by molar-refractivity contribution is -0.121. The summed E-state index contributed by atoms with van der Waals surface area (Å²) in [5.41, 5.74) is 1.86. The molecular formula is C22H28ClN3O3. The fourth-order valence-corrected chi connectivity index (χ4v) is 3.63. The molecule has 0 saturated carbocycles. The summed E-state index contributed by atoms with van der Waals surface area (Å²) in [6.07, 6.45) is 0. The Morgan fingerprint density at radius 2 is 1.76 bits per heavy atom. The zero-order valence-corrected chi connectivity index (χ0v) is 17.9. The first kappa shape index (κ1) is 21.4. The average molecular weight is 418 g/mol. The molecule has 0 spiro atoms. The second kappa shape index (κ2) is 9.96. The van der Waals surface area contributed by atoms with E-state index in [9.17, 15) is 4.79 Å². The van der Waals surface area contributed by atoms with E-state index in [2.05, 4.69) is 15.1 Å². The molecule has 2 aromatic carbocycles. The first-order valence-electron chi connectivity index (χ1n) is 9.74. The predicted octanol–water partition coefficient (Wildman–Crippen LogP) is 3.50. The minimum Gasteiger partial charge on any atom is -0.497 e. The second-order valence-electron chi connectivity index (χ2n) is 7.16. The summed E-state index contributed by atoms with van der Waals surface area (Å²) >= 11 is 5.90. The van der Waals surface area contributed by atoms with Gasteiger partial charge in [0.1, 0.15) is 11.5 Å². The van der Waals surface area contributed by atoms with E-state index < -0.39 is 0 Å². The first-order chi connectivity index (χ1) is 14.0. The smallest absolute Gasteiger partial charge is 0.241 e. The van der Waals surface area contributed by atoms with Crippen LogP contribution in [0.3, 0.4) is 0 Å². The van der Waals surface area contributed by atoms with Gasteiger partial charge in [0, 0.05) is 49.0 Å². The Hall–Kier alpha value is -2.28. The number of carbonyl (C=O) groups excluding carboxylic acids is 1. The van der Waals surface area contributed by atoms with Crippen LogP contribution in [0.5, 0.6) is 11.5 Å². The van der Waals surface area contributed by atoms with Gasteiger partial charge in [-0.3, -0.25) is 14.6 Å². The van der Waals surface area contributed by atoms with E-state index in [4.69, 9.17) is 21.1 Å². The maximum atomic E-state index is 12.6.